The highest BCUT2D eigenvalue weighted by atomic mass is 127. The van der Waals surface area contributed by atoms with Crippen LogP contribution in [0.4, 0.5) is 0 Å². The number of nitrogens with zero attached hydrogens (tertiary/aromatic N) is 1. The number of aryl methyl sites for hydroxylation is 1. The predicted octanol–water partition coefficient (Wildman–Crippen LogP) is 2.82. The summed E-state index contributed by atoms with van der Waals surface area (Å²) in [7, 11) is 1.69. The van der Waals surface area contributed by atoms with Crippen molar-refractivity contribution < 1.29 is 9.84 Å². The molecule has 1 atom stereocenters. The van der Waals surface area contributed by atoms with Crippen molar-refractivity contribution in [2.75, 3.05) is 33.4 Å². The van der Waals surface area contributed by atoms with Crippen LogP contribution in [0.25, 0.3) is 0 Å². The van der Waals surface area contributed by atoms with Crippen LogP contribution in [-0.2, 0) is 6.42 Å². The van der Waals surface area contributed by atoms with Crippen LogP contribution in [0.3, 0.4) is 0 Å². The van der Waals surface area contributed by atoms with Gasteiger partial charge in [0.05, 0.1) is 7.11 Å². The highest BCUT2D eigenvalue weighted by Crippen LogP contribution is 2.12. The Morgan fingerprint density at radius 3 is 2.50 bits per heavy atom. The second kappa shape index (κ2) is 14.3. The van der Waals surface area contributed by atoms with Crippen LogP contribution in [0.15, 0.2) is 29.3 Å². The van der Waals surface area contributed by atoms with Gasteiger partial charge in [0.25, 0.3) is 0 Å². The molecule has 138 valence electrons. The summed E-state index contributed by atoms with van der Waals surface area (Å²) in [6.45, 7) is 6.58. The maximum Gasteiger partial charge on any atom is 0.191 e. The second-order valence-corrected chi connectivity index (χ2v) is 5.74. The third-order valence-electron chi connectivity index (χ3n) is 3.56. The lowest BCUT2D eigenvalue weighted by atomic mass is 10.1. The Hall–Kier alpha value is -1.02. The van der Waals surface area contributed by atoms with E-state index in [2.05, 4.69) is 34.7 Å². The van der Waals surface area contributed by atoms with Crippen LogP contribution < -0.4 is 15.4 Å². The molecule has 6 heteroatoms. The zero-order valence-corrected chi connectivity index (χ0v) is 17.4. The molecule has 24 heavy (non-hydrogen) atoms. The number of guanidine groups is 1. The minimum absolute atomic E-state index is 0. The average Bonchev–Trinajstić information content (AvgIpc) is 2.59. The van der Waals surface area contributed by atoms with Gasteiger partial charge in [0.15, 0.2) is 5.96 Å². The van der Waals surface area contributed by atoms with Crippen LogP contribution in [0, 0.1) is 5.92 Å². The monoisotopic (exact) mass is 449 g/mol. The molecule has 0 aliphatic carbocycles. The summed E-state index contributed by atoms with van der Waals surface area (Å²) >= 11 is 0. The molecule has 0 spiro atoms. The zero-order chi connectivity index (χ0) is 16.9. The summed E-state index contributed by atoms with van der Waals surface area (Å²) in [5, 5.41) is 15.6. The molecule has 0 aromatic heterocycles. The van der Waals surface area contributed by atoms with E-state index in [1.807, 2.05) is 19.1 Å². The van der Waals surface area contributed by atoms with Crippen molar-refractivity contribution in [1.82, 2.24) is 10.6 Å². The van der Waals surface area contributed by atoms with Crippen LogP contribution in [0.2, 0.25) is 0 Å². The summed E-state index contributed by atoms with van der Waals surface area (Å²) in [4.78, 5) is 4.48. The lowest BCUT2D eigenvalue weighted by molar-refractivity contribution is 0.241. The lowest BCUT2D eigenvalue weighted by Gasteiger charge is -2.12. The highest BCUT2D eigenvalue weighted by Gasteiger charge is 2.01. The van der Waals surface area contributed by atoms with Crippen molar-refractivity contribution in [2.45, 2.75) is 33.1 Å². The first-order valence-corrected chi connectivity index (χ1v) is 8.45. The predicted molar refractivity (Wildman–Crippen MR) is 112 cm³/mol. The fraction of sp³-hybridized carbons (Fsp3) is 0.611. The summed E-state index contributed by atoms with van der Waals surface area (Å²) in [5.74, 6) is 1.93. The summed E-state index contributed by atoms with van der Waals surface area (Å²) in [5.41, 5.74) is 1.34. The Labute approximate surface area is 163 Å². The Morgan fingerprint density at radius 1 is 1.21 bits per heavy atom. The number of unbranched alkanes of at least 4 members (excludes halogenated alkanes) is 1. The van der Waals surface area contributed by atoms with Gasteiger partial charge in [-0.05, 0) is 49.8 Å². The van der Waals surface area contributed by atoms with Crippen LogP contribution >= 0.6 is 24.0 Å². The van der Waals surface area contributed by atoms with Crippen molar-refractivity contribution in [3.8, 4) is 5.75 Å². The van der Waals surface area contributed by atoms with Crippen LogP contribution in [-0.4, -0.2) is 44.4 Å². The molecule has 1 unspecified atom stereocenters. The molecule has 0 aliphatic rings. The Kier molecular flexibility index (Phi) is 13.7. The lowest BCUT2D eigenvalue weighted by Crippen LogP contribution is -2.38. The smallest absolute Gasteiger partial charge is 0.191 e. The van der Waals surface area contributed by atoms with Crippen molar-refractivity contribution in [2.24, 2.45) is 10.9 Å². The molecule has 0 saturated heterocycles. The van der Waals surface area contributed by atoms with Gasteiger partial charge in [-0.25, -0.2) is 0 Å². The summed E-state index contributed by atoms with van der Waals surface area (Å²) < 4.78 is 5.16. The van der Waals surface area contributed by atoms with Gasteiger partial charge in [-0.3, -0.25) is 4.99 Å². The minimum Gasteiger partial charge on any atom is -0.497 e. The molecule has 3 N–H and O–H groups in total. The largest absolute Gasteiger partial charge is 0.497 e. The third kappa shape index (κ3) is 9.97. The number of rotatable bonds is 10. The van der Waals surface area contributed by atoms with Crippen molar-refractivity contribution in [3.05, 3.63) is 29.8 Å². The molecule has 0 bridgehead atoms. The number of ether oxygens (including phenoxy) is 1. The van der Waals surface area contributed by atoms with E-state index in [0.29, 0.717) is 6.54 Å². The van der Waals surface area contributed by atoms with Gasteiger partial charge in [0.1, 0.15) is 5.75 Å². The zero-order valence-electron chi connectivity index (χ0n) is 15.0. The molecule has 0 fully saturated rings. The van der Waals surface area contributed by atoms with E-state index >= 15 is 0 Å². The van der Waals surface area contributed by atoms with E-state index in [9.17, 15) is 0 Å². The fourth-order valence-electron chi connectivity index (χ4n) is 2.10. The SMILES string of the molecule is CCNC(=NCC(C)CO)NCCCCc1ccc(OC)cc1.I. The number of benzene rings is 1. The molecule has 0 heterocycles. The van der Waals surface area contributed by atoms with E-state index in [1.54, 1.807) is 7.11 Å². The molecule has 5 nitrogen and oxygen atoms in total. The van der Waals surface area contributed by atoms with Crippen molar-refractivity contribution >= 4 is 29.9 Å². The van der Waals surface area contributed by atoms with Gasteiger partial charge in [0, 0.05) is 26.2 Å². The Balaban J connectivity index is 0.00000529. The number of aliphatic hydroxyl groups is 1. The minimum atomic E-state index is 0. The number of methoxy groups -OCH3 is 1. The first-order valence-electron chi connectivity index (χ1n) is 8.45. The van der Waals surface area contributed by atoms with Crippen LogP contribution in [0.5, 0.6) is 5.75 Å². The number of aliphatic imine (C=N–C) groups is 1. The van der Waals surface area contributed by atoms with E-state index in [4.69, 9.17) is 9.84 Å². The second-order valence-electron chi connectivity index (χ2n) is 5.74. The molecule has 1 aromatic carbocycles. The van der Waals surface area contributed by atoms with Gasteiger partial charge >= 0.3 is 0 Å². The summed E-state index contributed by atoms with van der Waals surface area (Å²) in [6, 6.07) is 8.25. The van der Waals surface area contributed by atoms with Gasteiger partial charge in [-0.15, -0.1) is 24.0 Å². The van der Waals surface area contributed by atoms with E-state index in [0.717, 1.165) is 44.1 Å². The van der Waals surface area contributed by atoms with E-state index in [1.165, 1.54) is 5.56 Å². The molecule has 0 aliphatic heterocycles. The maximum atomic E-state index is 9.05. The average molecular weight is 449 g/mol. The Bertz CT molecular complexity index is 452. The normalized spacial score (nSPS) is 12.2. The molecule has 0 saturated carbocycles. The summed E-state index contributed by atoms with van der Waals surface area (Å²) in [6.07, 6.45) is 3.29. The van der Waals surface area contributed by atoms with Crippen molar-refractivity contribution in [1.29, 1.82) is 0 Å². The van der Waals surface area contributed by atoms with Gasteiger partial charge in [-0.2, -0.15) is 0 Å². The van der Waals surface area contributed by atoms with Crippen molar-refractivity contribution in [3.63, 3.8) is 0 Å². The van der Waals surface area contributed by atoms with Gasteiger partial charge in [-0.1, -0.05) is 19.1 Å². The number of nitrogens with one attached hydrogen (secondary N) is 2. The quantitative estimate of drug-likeness (QED) is 0.223. The third-order valence-corrected chi connectivity index (χ3v) is 3.56. The van der Waals surface area contributed by atoms with Crippen LogP contribution in [0.1, 0.15) is 32.3 Å². The first-order chi connectivity index (χ1) is 11.2. The maximum absolute atomic E-state index is 9.05. The number of hydrogen-bond donors (Lipinski definition) is 3. The topological polar surface area (TPSA) is 65.9 Å². The highest BCUT2D eigenvalue weighted by molar-refractivity contribution is 14.0. The molecule has 1 aromatic rings. The van der Waals surface area contributed by atoms with E-state index < -0.39 is 0 Å². The Morgan fingerprint density at radius 2 is 1.92 bits per heavy atom. The first kappa shape index (κ1) is 23.0. The van der Waals surface area contributed by atoms with Gasteiger partial charge in [0.2, 0.25) is 0 Å². The molecular formula is C18H32IN3O2. The molecule has 1 rings (SSSR count). The number of hydrogen-bond acceptors (Lipinski definition) is 3. The molecule has 0 amide bonds. The van der Waals surface area contributed by atoms with Gasteiger partial charge < -0.3 is 20.5 Å². The fourth-order valence-corrected chi connectivity index (χ4v) is 2.10. The van der Waals surface area contributed by atoms with E-state index in [-0.39, 0.29) is 36.5 Å². The standard InChI is InChI=1S/C18H31N3O2.HI/c1-4-19-18(21-13-15(2)14-22)20-12-6-5-7-16-8-10-17(23-3)11-9-16;/h8-11,15,22H,4-7,12-14H2,1-3H3,(H2,19,20,21);1H. The molecular weight excluding hydrogens is 417 g/mol. The molecule has 0 radical (unpaired) electrons. The number of aliphatic hydroxyl groups excluding tert-OH is 1. The number of halogens is 1.